The number of nitrogens with zero attached hydrogens (tertiary/aromatic N) is 3. The summed E-state index contributed by atoms with van der Waals surface area (Å²) in [4.78, 5) is 33.9. The van der Waals surface area contributed by atoms with Crippen LogP contribution in [0.5, 0.6) is 0 Å². The van der Waals surface area contributed by atoms with Crippen LogP contribution in [-0.2, 0) is 0 Å². The van der Waals surface area contributed by atoms with Gasteiger partial charge < -0.3 is 4.90 Å². The second-order valence-corrected chi connectivity index (χ2v) is 8.93. The van der Waals surface area contributed by atoms with E-state index >= 15 is 0 Å². The van der Waals surface area contributed by atoms with Crippen LogP contribution in [0.4, 0.5) is 4.39 Å². The van der Waals surface area contributed by atoms with Gasteiger partial charge in [-0.1, -0.05) is 49.7 Å². The smallest absolute Gasteiger partial charge is 0.266 e. The first-order valence-electron chi connectivity index (χ1n) is 12.0. The molecular formula is C29H30FN3O2. The Morgan fingerprint density at radius 2 is 1.77 bits per heavy atom. The van der Waals surface area contributed by atoms with Gasteiger partial charge in [-0.25, -0.2) is 9.37 Å². The van der Waals surface area contributed by atoms with Crippen LogP contribution in [0, 0.1) is 19.7 Å². The second-order valence-electron chi connectivity index (χ2n) is 8.93. The third-order valence-electron chi connectivity index (χ3n) is 6.37. The monoisotopic (exact) mass is 471 g/mol. The van der Waals surface area contributed by atoms with Crippen molar-refractivity contribution in [2.45, 2.75) is 46.6 Å². The molecular weight excluding hydrogens is 441 g/mol. The first-order valence-corrected chi connectivity index (χ1v) is 12.0. The van der Waals surface area contributed by atoms with Gasteiger partial charge in [-0.05, 0) is 68.7 Å². The number of para-hydroxylation sites is 1. The van der Waals surface area contributed by atoms with Gasteiger partial charge in [0.05, 0.1) is 28.2 Å². The van der Waals surface area contributed by atoms with Gasteiger partial charge >= 0.3 is 0 Å². The molecule has 0 N–H and O–H groups in total. The molecule has 0 radical (unpaired) electrons. The van der Waals surface area contributed by atoms with Gasteiger partial charge in [0.15, 0.2) is 0 Å². The molecule has 6 heteroatoms. The molecule has 180 valence electrons. The number of amides is 1. The number of aromatic nitrogens is 2. The quantitative estimate of drug-likeness (QED) is 0.325. The molecule has 0 aliphatic rings. The van der Waals surface area contributed by atoms with Crippen LogP contribution in [0.1, 0.15) is 60.0 Å². The highest BCUT2D eigenvalue weighted by atomic mass is 19.1. The molecule has 1 heterocycles. The fourth-order valence-corrected chi connectivity index (χ4v) is 4.35. The molecule has 35 heavy (non-hydrogen) atoms. The Hall–Kier alpha value is -3.80. The van der Waals surface area contributed by atoms with Gasteiger partial charge in [0, 0.05) is 6.54 Å². The van der Waals surface area contributed by atoms with Crippen molar-refractivity contribution in [2.75, 3.05) is 6.54 Å². The molecule has 0 saturated carbocycles. The van der Waals surface area contributed by atoms with Crippen molar-refractivity contribution >= 4 is 16.8 Å². The summed E-state index contributed by atoms with van der Waals surface area (Å²) in [7, 11) is 0. The molecule has 1 atom stereocenters. The molecule has 1 amide bonds. The van der Waals surface area contributed by atoms with Crippen LogP contribution >= 0.6 is 0 Å². The Bertz CT molecular complexity index is 1440. The minimum Gasteiger partial charge on any atom is -0.329 e. The van der Waals surface area contributed by atoms with E-state index in [2.05, 4.69) is 0 Å². The number of hydrogen-bond acceptors (Lipinski definition) is 3. The predicted molar refractivity (Wildman–Crippen MR) is 138 cm³/mol. The summed E-state index contributed by atoms with van der Waals surface area (Å²) in [5.41, 5.74) is 3.04. The molecule has 5 nitrogen and oxygen atoms in total. The molecule has 0 spiro atoms. The molecule has 0 bridgehead atoms. The van der Waals surface area contributed by atoms with Gasteiger partial charge in [0.2, 0.25) is 0 Å². The Morgan fingerprint density at radius 1 is 1.06 bits per heavy atom. The van der Waals surface area contributed by atoms with Gasteiger partial charge in [0.1, 0.15) is 11.6 Å². The number of aryl methyl sites for hydroxylation is 2. The topological polar surface area (TPSA) is 55.2 Å². The Labute approximate surface area is 204 Å². The predicted octanol–water partition coefficient (Wildman–Crippen LogP) is 6.15. The Morgan fingerprint density at radius 3 is 2.51 bits per heavy atom. The van der Waals surface area contributed by atoms with Crippen molar-refractivity contribution in [3.05, 3.63) is 105 Å². The summed E-state index contributed by atoms with van der Waals surface area (Å²) >= 11 is 0. The van der Waals surface area contributed by atoms with E-state index in [9.17, 15) is 14.0 Å². The van der Waals surface area contributed by atoms with Crippen molar-refractivity contribution in [3.8, 4) is 5.69 Å². The first kappa shape index (κ1) is 24.3. The van der Waals surface area contributed by atoms with Crippen molar-refractivity contribution in [1.29, 1.82) is 0 Å². The van der Waals surface area contributed by atoms with Crippen LogP contribution in [0.15, 0.2) is 71.5 Å². The summed E-state index contributed by atoms with van der Waals surface area (Å²) in [6, 6.07) is 18.6. The molecule has 0 saturated heterocycles. The largest absolute Gasteiger partial charge is 0.329 e. The molecule has 4 rings (SSSR count). The van der Waals surface area contributed by atoms with Crippen molar-refractivity contribution < 1.29 is 9.18 Å². The van der Waals surface area contributed by atoms with Gasteiger partial charge in [-0.2, -0.15) is 0 Å². The van der Waals surface area contributed by atoms with Crippen molar-refractivity contribution in [2.24, 2.45) is 0 Å². The Balaban J connectivity index is 1.95. The zero-order chi connectivity index (χ0) is 25.1. The van der Waals surface area contributed by atoms with E-state index in [1.54, 1.807) is 33.7 Å². The summed E-state index contributed by atoms with van der Waals surface area (Å²) < 4.78 is 16.2. The lowest BCUT2D eigenvalue weighted by Crippen LogP contribution is -2.38. The zero-order valence-corrected chi connectivity index (χ0v) is 20.6. The van der Waals surface area contributed by atoms with Crippen molar-refractivity contribution in [1.82, 2.24) is 14.5 Å². The lowest BCUT2D eigenvalue weighted by atomic mass is 10.1. The minimum atomic E-state index is -0.578. The van der Waals surface area contributed by atoms with E-state index in [0.29, 0.717) is 23.3 Å². The van der Waals surface area contributed by atoms with E-state index in [4.69, 9.17) is 4.98 Å². The lowest BCUT2D eigenvalue weighted by Gasteiger charge is -2.31. The maximum absolute atomic E-state index is 14.6. The van der Waals surface area contributed by atoms with Gasteiger partial charge in [-0.15, -0.1) is 0 Å². The van der Waals surface area contributed by atoms with E-state index in [1.807, 2.05) is 58.0 Å². The Kier molecular flexibility index (Phi) is 7.10. The van der Waals surface area contributed by atoms with Crippen molar-refractivity contribution in [3.63, 3.8) is 0 Å². The number of halogens is 1. The summed E-state index contributed by atoms with van der Waals surface area (Å²) in [5, 5.41) is 0.505. The zero-order valence-electron chi connectivity index (χ0n) is 20.6. The van der Waals surface area contributed by atoms with E-state index < -0.39 is 17.8 Å². The maximum atomic E-state index is 14.6. The number of rotatable bonds is 7. The second kappa shape index (κ2) is 10.2. The molecule has 0 aliphatic carbocycles. The SMILES string of the molecule is CCCCN(C(=O)c1ccccc1F)C(C)c1nc2ccccc2c(=O)n1-c1cc(C)ccc1C. The van der Waals surface area contributed by atoms with Gasteiger partial charge in [-0.3, -0.25) is 14.2 Å². The standard InChI is InChI=1S/C29H30FN3O2/c1-5-6-17-32(28(34)22-11-7-9-13-24(22)30)21(4)27-31-25-14-10-8-12-23(25)29(35)33(27)26-18-19(2)15-16-20(26)3/h7-16,18,21H,5-6,17H2,1-4H3. The molecule has 0 aliphatic heterocycles. The number of unbranched alkanes of at least 4 members (excludes halogenated alkanes) is 1. The minimum absolute atomic E-state index is 0.0110. The summed E-state index contributed by atoms with van der Waals surface area (Å²) in [5.74, 6) is -0.535. The van der Waals surface area contributed by atoms with Gasteiger partial charge in [0.25, 0.3) is 11.5 Å². The lowest BCUT2D eigenvalue weighted by molar-refractivity contribution is 0.0673. The number of hydrogen-bond donors (Lipinski definition) is 0. The van der Waals surface area contributed by atoms with Crippen LogP contribution < -0.4 is 5.56 Å². The van der Waals surface area contributed by atoms with E-state index in [1.165, 1.54) is 12.1 Å². The number of carbonyl (C=O) groups is 1. The molecule has 0 fully saturated rings. The molecule has 1 unspecified atom stereocenters. The maximum Gasteiger partial charge on any atom is 0.266 e. The number of fused-ring (bicyclic) bond motifs is 1. The summed E-state index contributed by atoms with van der Waals surface area (Å²) in [6.45, 7) is 8.23. The first-order chi connectivity index (χ1) is 16.8. The highest BCUT2D eigenvalue weighted by Gasteiger charge is 2.29. The normalized spacial score (nSPS) is 12.0. The third-order valence-corrected chi connectivity index (χ3v) is 6.37. The molecule has 3 aromatic carbocycles. The average molecular weight is 472 g/mol. The number of carbonyl (C=O) groups excluding carboxylic acids is 1. The van der Waals surface area contributed by atoms with E-state index in [-0.39, 0.29) is 11.1 Å². The van der Waals surface area contributed by atoms with Crippen LogP contribution in [0.2, 0.25) is 0 Å². The average Bonchev–Trinajstić information content (AvgIpc) is 2.86. The third kappa shape index (κ3) is 4.74. The van der Waals surface area contributed by atoms with E-state index in [0.717, 1.165) is 29.7 Å². The summed E-state index contributed by atoms with van der Waals surface area (Å²) in [6.07, 6.45) is 1.61. The van der Waals surface area contributed by atoms with Crippen LogP contribution in [0.25, 0.3) is 16.6 Å². The number of benzene rings is 3. The van der Waals surface area contributed by atoms with Crippen LogP contribution in [-0.4, -0.2) is 26.9 Å². The highest BCUT2D eigenvalue weighted by molar-refractivity contribution is 5.94. The molecule has 1 aromatic heterocycles. The molecule has 4 aromatic rings. The fourth-order valence-electron chi connectivity index (χ4n) is 4.35. The highest BCUT2D eigenvalue weighted by Crippen LogP contribution is 2.27. The fraction of sp³-hybridized carbons (Fsp3) is 0.276. The van der Waals surface area contributed by atoms with Crippen LogP contribution in [0.3, 0.4) is 0 Å².